The fraction of sp³-hybridized carbons (Fsp3) is 0.625. The lowest BCUT2D eigenvalue weighted by Crippen LogP contribution is -2.04. The Hall–Kier alpha value is -1.76. The van der Waals surface area contributed by atoms with Crippen LogP contribution in [0.4, 0.5) is 5.69 Å². The van der Waals surface area contributed by atoms with Crippen LogP contribution in [0.3, 0.4) is 0 Å². The van der Waals surface area contributed by atoms with Crippen molar-refractivity contribution in [3.63, 3.8) is 0 Å². The molecule has 2 aromatic carbocycles. The van der Waals surface area contributed by atoms with E-state index in [0.717, 1.165) is 12.1 Å². The highest BCUT2D eigenvalue weighted by atomic mass is 14.5. The van der Waals surface area contributed by atoms with E-state index >= 15 is 0 Å². The highest BCUT2D eigenvalue weighted by Gasteiger charge is 2.14. The Balaban J connectivity index is 1.68. The molecule has 2 N–H and O–H groups in total. The fourth-order valence-electron chi connectivity index (χ4n) is 5.16. The summed E-state index contributed by atoms with van der Waals surface area (Å²) in [5.41, 5.74) is 11.2. The Morgan fingerprint density at radius 1 is 0.576 bits per heavy atom. The second-order valence-corrected chi connectivity index (χ2v) is 10.1. The van der Waals surface area contributed by atoms with Crippen molar-refractivity contribution in [2.24, 2.45) is 0 Å². The highest BCUT2D eigenvalue weighted by Crippen LogP contribution is 2.31. The van der Waals surface area contributed by atoms with Gasteiger partial charge in [-0.2, -0.15) is 0 Å². The summed E-state index contributed by atoms with van der Waals surface area (Å²) in [6.07, 6.45) is 23.5. The van der Waals surface area contributed by atoms with Crippen LogP contribution in [0.25, 0.3) is 0 Å². The van der Waals surface area contributed by atoms with Crippen LogP contribution in [0.5, 0.6) is 0 Å². The van der Waals surface area contributed by atoms with E-state index in [1.807, 2.05) is 12.1 Å². The zero-order chi connectivity index (χ0) is 23.6. The van der Waals surface area contributed by atoms with Crippen molar-refractivity contribution < 1.29 is 0 Å². The Morgan fingerprint density at radius 3 is 1.70 bits per heavy atom. The fourth-order valence-corrected chi connectivity index (χ4v) is 5.16. The second kappa shape index (κ2) is 17.7. The molecule has 1 atom stereocenters. The Morgan fingerprint density at radius 2 is 1.12 bits per heavy atom. The molecule has 33 heavy (non-hydrogen) atoms. The molecule has 2 aromatic rings. The van der Waals surface area contributed by atoms with E-state index in [9.17, 15) is 0 Å². The lowest BCUT2D eigenvalue weighted by atomic mass is 9.85. The van der Waals surface area contributed by atoms with E-state index in [-0.39, 0.29) is 0 Å². The molecule has 0 fully saturated rings. The number of nitrogens with two attached hydrogens (primary N) is 1. The molecule has 184 valence electrons. The van der Waals surface area contributed by atoms with Crippen molar-refractivity contribution in [3.05, 3.63) is 65.2 Å². The van der Waals surface area contributed by atoms with Crippen molar-refractivity contribution in [3.8, 4) is 0 Å². The van der Waals surface area contributed by atoms with E-state index in [1.165, 1.54) is 114 Å². The Labute approximate surface area is 205 Å². The summed E-state index contributed by atoms with van der Waals surface area (Å²) in [5, 5.41) is 0. The number of benzene rings is 2. The third-order valence-corrected chi connectivity index (χ3v) is 7.16. The number of anilines is 1. The van der Waals surface area contributed by atoms with E-state index in [2.05, 4.69) is 50.2 Å². The zero-order valence-electron chi connectivity index (χ0n) is 21.8. The first-order valence-electron chi connectivity index (χ1n) is 14.2. The molecule has 2 rings (SSSR count). The first kappa shape index (κ1) is 27.5. The molecule has 0 heterocycles. The van der Waals surface area contributed by atoms with E-state index in [0.29, 0.717) is 5.92 Å². The van der Waals surface area contributed by atoms with Gasteiger partial charge in [0.1, 0.15) is 0 Å². The average Bonchev–Trinajstić information content (AvgIpc) is 2.83. The quantitative estimate of drug-likeness (QED) is 0.167. The van der Waals surface area contributed by atoms with Gasteiger partial charge < -0.3 is 5.73 Å². The molecule has 1 heteroatoms. The molecule has 0 radical (unpaired) electrons. The molecule has 0 bridgehead atoms. The van der Waals surface area contributed by atoms with Gasteiger partial charge in [0.2, 0.25) is 0 Å². The third kappa shape index (κ3) is 11.8. The minimum Gasteiger partial charge on any atom is -0.399 e. The van der Waals surface area contributed by atoms with Crippen molar-refractivity contribution in [2.75, 3.05) is 5.73 Å². The van der Waals surface area contributed by atoms with Gasteiger partial charge in [-0.3, -0.25) is 0 Å². The monoisotopic (exact) mass is 449 g/mol. The van der Waals surface area contributed by atoms with Gasteiger partial charge in [0.15, 0.2) is 0 Å². The van der Waals surface area contributed by atoms with Crippen LogP contribution in [0.1, 0.15) is 139 Å². The van der Waals surface area contributed by atoms with Gasteiger partial charge >= 0.3 is 0 Å². The maximum Gasteiger partial charge on any atom is 0.0314 e. The number of hydrogen-bond acceptors (Lipinski definition) is 1. The van der Waals surface area contributed by atoms with E-state index in [4.69, 9.17) is 5.73 Å². The molecule has 0 saturated carbocycles. The summed E-state index contributed by atoms with van der Waals surface area (Å²) in [7, 11) is 0. The summed E-state index contributed by atoms with van der Waals surface area (Å²) < 4.78 is 0. The molecular weight excluding hydrogens is 398 g/mol. The van der Waals surface area contributed by atoms with E-state index in [1.54, 1.807) is 5.56 Å². The summed E-state index contributed by atoms with van der Waals surface area (Å²) in [5.74, 6) is 0.702. The van der Waals surface area contributed by atoms with Crippen LogP contribution in [-0.2, 0) is 6.42 Å². The average molecular weight is 450 g/mol. The molecule has 1 unspecified atom stereocenters. The van der Waals surface area contributed by atoms with Gasteiger partial charge in [-0.25, -0.2) is 0 Å². The van der Waals surface area contributed by atoms with E-state index < -0.39 is 0 Å². The molecule has 1 nitrogen and oxygen atoms in total. The Bertz CT molecular complexity index is 718. The molecule has 0 aliphatic carbocycles. The summed E-state index contributed by atoms with van der Waals surface area (Å²) in [4.78, 5) is 0. The lowest BCUT2D eigenvalue weighted by Gasteiger charge is -2.20. The van der Waals surface area contributed by atoms with Gasteiger partial charge in [0, 0.05) is 5.69 Å². The van der Waals surface area contributed by atoms with Gasteiger partial charge in [-0.05, 0) is 54.0 Å². The predicted octanol–water partition coefficient (Wildman–Crippen LogP) is 10.2. The molecule has 0 aliphatic heterocycles. The molecule has 0 aromatic heterocycles. The maximum atomic E-state index is 5.88. The van der Waals surface area contributed by atoms with Crippen molar-refractivity contribution in [2.45, 2.75) is 129 Å². The third-order valence-electron chi connectivity index (χ3n) is 7.16. The normalized spacial score (nSPS) is 12.2. The standard InChI is InChI=1S/C32H51N/c1-3-5-6-7-8-9-10-11-12-13-14-15-16-20-29(19-4-2)32-22-18-17-21-30(32)27-28-23-25-31(33)26-24-28/h17-18,21-26,29H,3-16,19-20,27,33H2,1-2H3. The molecule has 0 saturated heterocycles. The van der Waals surface area contributed by atoms with Crippen LogP contribution >= 0.6 is 0 Å². The molecular formula is C32H51N. The largest absolute Gasteiger partial charge is 0.399 e. The first-order valence-corrected chi connectivity index (χ1v) is 14.2. The van der Waals surface area contributed by atoms with Crippen molar-refractivity contribution in [1.29, 1.82) is 0 Å². The molecule has 0 spiro atoms. The smallest absolute Gasteiger partial charge is 0.0314 e. The van der Waals surface area contributed by atoms with Crippen molar-refractivity contribution >= 4 is 5.69 Å². The summed E-state index contributed by atoms with van der Waals surface area (Å²) in [6.45, 7) is 4.63. The van der Waals surface area contributed by atoms with Crippen LogP contribution in [0.15, 0.2) is 48.5 Å². The topological polar surface area (TPSA) is 26.0 Å². The highest BCUT2D eigenvalue weighted by molar-refractivity contribution is 5.42. The Kier molecular flexibility index (Phi) is 14.7. The van der Waals surface area contributed by atoms with Crippen molar-refractivity contribution in [1.82, 2.24) is 0 Å². The SMILES string of the molecule is CCCCCCCCCCCCCCCC(CCC)c1ccccc1Cc1ccc(N)cc1. The van der Waals surface area contributed by atoms with Crippen LogP contribution in [-0.4, -0.2) is 0 Å². The number of rotatable bonds is 19. The predicted molar refractivity (Wildman–Crippen MR) is 148 cm³/mol. The van der Waals surface area contributed by atoms with Gasteiger partial charge in [-0.1, -0.05) is 140 Å². The van der Waals surface area contributed by atoms with Crippen LogP contribution < -0.4 is 5.73 Å². The minimum atomic E-state index is 0.702. The summed E-state index contributed by atoms with van der Waals surface area (Å²) >= 11 is 0. The van der Waals surface area contributed by atoms with Gasteiger partial charge in [-0.15, -0.1) is 0 Å². The maximum absolute atomic E-state index is 5.88. The zero-order valence-corrected chi connectivity index (χ0v) is 21.8. The number of unbranched alkanes of at least 4 members (excludes halogenated alkanes) is 12. The van der Waals surface area contributed by atoms with Gasteiger partial charge in [0.25, 0.3) is 0 Å². The number of nitrogen functional groups attached to an aromatic ring is 1. The molecule has 0 aliphatic rings. The minimum absolute atomic E-state index is 0.702. The summed E-state index contributed by atoms with van der Waals surface area (Å²) in [6, 6.07) is 17.5. The lowest BCUT2D eigenvalue weighted by molar-refractivity contribution is 0.501. The van der Waals surface area contributed by atoms with Crippen LogP contribution in [0, 0.1) is 0 Å². The first-order chi connectivity index (χ1) is 16.2. The molecule has 0 amide bonds. The van der Waals surface area contributed by atoms with Crippen LogP contribution in [0.2, 0.25) is 0 Å². The second-order valence-electron chi connectivity index (χ2n) is 10.1. The number of hydrogen-bond donors (Lipinski definition) is 1. The van der Waals surface area contributed by atoms with Gasteiger partial charge in [0.05, 0.1) is 0 Å².